The van der Waals surface area contributed by atoms with Crippen LogP contribution in [0.25, 0.3) is 11.0 Å². The summed E-state index contributed by atoms with van der Waals surface area (Å²) in [5.74, 6) is 1.59. The number of ether oxygens (including phenoxy) is 1. The highest BCUT2D eigenvalue weighted by Gasteiger charge is 2.11. The Kier molecular flexibility index (Phi) is 9.30. The normalized spacial score (nSPS) is 11.1. The van der Waals surface area contributed by atoms with Crippen LogP contribution in [-0.2, 0) is 13.0 Å². The quantitative estimate of drug-likeness (QED) is 0.205. The van der Waals surface area contributed by atoms with Crippen LogP contribution in [0.5, 0.6) is 5.75 Å². The summed E-state index contributed by atoms with van der Waals surface area (Å²) >= 11 is 0. The van der Waals surface area contributed by atoms with Crippen molar-refractivity contribution in [2.45, 2.75) is 58.9 Å². The summed E-state index contributed by atoms with van der Waals surface area (Å²) in [6, 6.07) is 20.3. The Hall–Kier alpha value is -3.67. The number of amides is 1. The molecule has 0 saturated carbocycles. The van der Waals surface area contributed by atoms with E-state index in [1.165, 1.54) is 40.9 Å². The summed E-state index contributed by atoms with van der Waals surface area (Å²) in [5.41, 5.74) is 5.08. The Morgan fingerprint density at radius 2 is 1.76 bits per heavy atom. The third-order valence-corrected chi connectivity index (χ3v) is 6.58. The number of benzene rings is 3. The van der Waals surface area contributed by atoms with Crippen LogP contribution in [-0.4, -0.2) is 28.6 Å². The number of unbranched alkanes of at least 4 members (excludes halogenated alkanes) is 3. The van der Waals surface area contributed by atoms with Gasteiger partial charge in [0.25, 0.3) is 5.91 Å². The summed E-state index contributed by atoms with van der Waals surface area (Å²) in [5, 5.41) is 2.91. The molecule has 0 atom stereocenters. The lowest BCUT2D eigenvalue weighted by Crippen LogP contribution is -2.24. The van der Waals surface area contributed by atoms with Crippen molar-refractivity contribution in [2.75, 3.05) is 13.2 Å². The summed E-state index contributed by atoms with van der Waals surface area (Å²) < 4.78 is 21.4. The molecule has 1 aromatic heterocycles. The number of aryl methyl sites for hydroxylation is 4. The number of rotatable bonds is 13. The molecule has 0 aliphatic carbocycles. The second kappa shape index (κ2) is 13.0. The maximum absolute atomic E-state index is 13.0. The molecule has 4 aromatic rings. The number of imidazole rings is 1. The first kappa shape index (κ1) is 26.4. The Morgan fingerprint density at radius 3 is 2.59 bits per heavy atom. The number of aromatic nitrogens is 2. The minimum Gasteiger partial charge on any atom is -0.493 e. The van der Waals surface area contributed by atoms with Crippen LogP contribution in [0.3, 0.4) is 0 Å². The predicted octanol–water partition coefficient (Wildman–Crippen LogP) is 6.79. The van der Waals surface area contributed by atoms with Crippen molar-refractivity contribution in [3.63, 3.8) is 0 Å². The molecule has 1 heterocycles. The zero-order chi connectivity index (χ0) is 26.0. The molecule has 4 rings (SSSR count). The Morgan fingerprint density at radius 1 is 0.946 bits per heavy atom. The molecule has 194 valence electrons. The average molecular weight is 502 g/mol. The second-order valence-corrected chi connectivity index (χ2v) is 9.57. The molecular weight excluding hydrogens is 465 g/mol. The maximum Gasteiger partial charge on any atom is 0.251 e. The van der Waals surface area contributed by atoms with E-state index in [-0.39, 0.29) is 11.7 Å². The zero-order valence-electron chi connectivity index (χ0n) is 21.8. The summed E-state index contributed by atoms with van der Waals surface area (Å²) in [7, 11) is 0. The Balaban J connectivity index is 1.22. The SMILES string of the molecule is Cc1ccc(C)c(OCCCCn2c(CCCCCNC(=O)c3ccc(F)cc3)nc3ccccc32)c1. The molecule has 0 aliphatic rings. The minimum atomic E-state index is -0.340. The fraction of sp³-hybridized carbons (Fsp3) is 0.355. The molecule has 0 aliphatic heterocycles. The first-order valence-electron chi connectivity index (χ1n) is 13.2. The van der Waals surface area contributed by atoms with E-state index in [1.54, 1.807) is 0 Å². The van der Waals surface area contributed by atoms with Crippen molar-refractivity contribution >= 4 is 16.9 Å². The van der Waals surface area contributed by atoms with Gasteiger partial charge in [-0.1, -0.05) is 30.7 Å². The summed E-state index contributed by atoms with van der Waals surface area (Å²) in [4.78, 5) is 17.1. The summed E-state index contributed by atoms with van der Waals surface area (Å²) in [6.45, 7) is 6.39. The van der Waals surface area contributed by atoms with Gasteiger partial charge in [-0.05, 0) is 93.1 Å². The monoisotopic (exact) mass is 501 g/mol. The number of hydrogen-bond acceptors (Lipinski definition) is 3. The molecule has 0 radical (unpaired) electrons. The molecule has 6 heteroatoms. The molecule has 0 bridgehead atoms. The van der Waals surface area contributed by atoms with Crippen molar-refractivity contribution in [1.82, 2.24) is 14.9 Å². The molecule has 37 heavy (non-hydrogen) atoms. The maximum atomic E-state index is 13.0. The number of carbonyl (C=O) groups is 1. The fourth-order valence-corrected chi connectivity index (χ4v) is 4.47. The van der Waals surface area contributed by atoms with Gasteiger partial charge in [-0.2, -0.15) is 0 Å². The number of para-hydroxylation sites is 2. The third kappa shape index (κ3) is 7.42. The molecule has 3 aromatic carbocycles. The summed E-state index contributed by atoms with van der Waals surface area (Å²) in [6.07, 6.45) is 5.80. The van der Waals surface area contributed by atoms with Gasteiger partial charge in [0.2, 0.25) is 0 Å². The molecule has 1 N–H and O–H groups in total. The highest BCUT2D eigenvalue weighted by atomic mass is 19.1. The predicted molar refractivity (Wildman–Crippen MR) is 147 cm³/mol. The fourth-order valence-electron chi connectivity index (χ4n) is 4.47. The van der Waals surface area contributed by atoms with Crippen LogP contribution in [0.4, 0.5) is 4.39 Å². The van der Waals surface area contributed by atoms with Gasteiger partial charge in [-0.25, -0.2) is 9.37 Å². The van der Waals surface area contributed by atoms with Gasteiger partial charge in [0, 0.05) is 25.1 Å². The van der Waals surface area contributed by atoms with E-state index >= 15 is 0 Å². The van der Waals surface area contributed by atoms with Gasteiger partial charge in [0.15, 0.2) is 0 Å². The molecular formula is C31H36FN3O2. The van der Waals surface area contributed by atoms with E-state index in [9.17, 15) is 9.18 Å². The van der Waals surface area contributed by atoms with Crippen LogP contribution in [0, 0.1) is 19.7 Å². The molecule has 1 amide bonds. The van der Waals surface area contributed by atoms with Crippen LogP contribution in [0.1, 0.15) is 59.4 Å². The van der Waals surface area contributed by atoms with Gasteiger partial charge < -0.3 is 14.6 Å². The van der Waals surface area contributed by atoms with Crippen LogP contribution < -0.4 is 10.1 Å². The molecule has 0 fully saturated rings. The lowest BCUT2D eigenvalue weighted by atomic mass is 10.1. The highest BCUT2D eigenvalue weighted by molar-refractivity contribution is 5.94. The molecule has 5 nitrogen and oxygen atoms in total. The number of nitrogens with zero attached hydrogens (tertiary/aromatic N) is 2. The van der Waals surface area contributed by atoms with E-state index in [0.29, 0.717) is 18.7 Å². The number of hydrogen-bond donors (Lipinski definition) is 1. The number of fused-ring (bicyclic) bond motifs is 1. The van der Waals surface area contributed by atoms with Crippen LogP contribution in [0.15, 0.2) is 66.7 Å². The van der Waals surface area contributed by atoms with Crippen molar-refractivity contribution in [3.05, 3.63) is 95.1 Å². The van der Waals surface area contributed by atoms with Gasteiger partial charge in [0.1, 0.15) is 17.4 Å². The lowest BCUT2D eigenvalue weighted by molar-refractivity contribution is 0.0953. The van der Waals surface area contributed by atoms with E-state index in [0.717, 1.165) is 62.2 Å². The standard InChI is InChI=1S/C31H36FN3O2/c1-23-13-14-24(2)29(22-23)37-21-9-8-20-35-28-11-6-5-10-27(28)34-30(35)12-4-3-7-19-33-31(36)25-15-17-26(32)18-16-25/h5-6,10-11,13-18,22H,3-4,7-9,12,19-21H2,1-2H3,(H,33,36). The average Bonchev–Trinajstić information content (AvgIpc) is 3.25. The topological polar surface area (TPSA) is 56.1 Å². The van der Waals surface area contributed by atoms with Crippen molar-refractivity contribution < 1.29 is 13.9 Å². The van der Waals surface area contributed by atoms with E-state index in [4.69, 9.17) is 9.72 Å². The van der Waals surface area contributed by atoms with Crippen molar-refractivity contribution in [3.8, 4) is 5.75 Å². The van der Waals surface area contributed by atoms with Gasteiger partial charge >= 0.3 is 0 Å². The zero-order valence-corrected chi connectivity index (χ0v) is 21.8. The third-order valence-electron chi connectivity index (χ3n) is 6.58. The van der Waals surface area contributed by atoms with Crippen LogP contribution >= 0.6 is 0 Å². The first-order chi connectivity index (χ1) is 18.0. The second-order valence-electron chi connectivity index (χ2n) is 9.57. The highest BCUT2D eigenvalue weighted by Crippen LogP contribution is 2.21. The van der Waals surface area contributed by atoms with Gasteiger partial charge in [-0.3, -0.25) is 4.79 Å². The van der Waals surface area contributed by atoms with Crippen molar-refractivity contribution in [1.29, 1.82) is 0 Å². The number of halogens is 1. The minimum absolute atomic E-state index is 0.164. The van der Waals surface area contributed by atoms with E-state index in [1.807, 2.05) is 6.07 Å². The Labute approximate surface area is 218 Å². The van der Waals surface area contributed by atoms with E-state index < -0.39 is 0 Å². The van der Waals surface area contributed by atoms with Gasteiger partial charge in [-0.15, -0.1) is 0 Å². The molecule has 0 spiro atoms. The van der Waals surface area contributed by atoms with Crippen LogP contribution in [0.2, 0.25) is 0 Å². The molecule has 0 unspecified atom stereocenters. The van der Waals surface area contributed by atoms with Gasteiger partial charge in [0.05, 0.1) is 17.6 Å². The lowest BCUT2D eigenvalue weighted by Gasteiger charge is -2.12. The molecule has 0 saturated heterocycles. The smallest absolute Gasteiger partial charge is 0.251 e. The largest absolute Gasteiger partial charge is 0.493 e. The number of nitrogens with one attached hydrogen (secondary N) is 1. The first-order valence-corrected chi connectivity index (χ1v) is 13.2. The van der Waals surface area contributed by atoms with E-state index in [2.05, 4.69) is 60.1 Å². The Bertz CT molecular complexity index is 1310. The number of carbonyl (C=O) groups excluding carboxylic acids is 1. The van der Waals surface area contributed by atoms with Crippen molar-refractivity contribution in [2.24, 2.45) is 0 Å².